The maximum Gasteiger partial charge on any atom is 0.307 e. The van der Waals surface area contributed by atoms with Crippen molar-refractivity contribution in [3.05, 3.63) is 59.9 Å². The summed E-state index contributed by atoms with van der Waals surface area (Å²) in [7, 11) is 1.98. The molecule has 6 nitrogen and oxygen atoms in total. The zero-order valence-corrected chi connectivity index (χ0v) is 16.3. The van der Waals surface area contributed by atoms with Crippen molar-refractivity contribution in [1.29, 1.82) is 0 Å². The highest BCUT2D eigenvalue weighted by atomic mass is 35.5. The molecule has 1 N–H and O–H groups in total. The molecule has 1 saturated heterocycles. The van der Waals surface area contributed by atoms with Gasteiger partial charge in [0.1, 0.15) is 12.3 Å². The molecule has 3 rings (SSSR count). The predicted molar refractivity (Wildman–Crippen MR) is 107 cm³/mol. The number of oxime groups is 1. The van der Waals surface area contributed by atoms with Crippen LogP contribution in [0.3, 0.4) is 0 Å². The normalized spacial score (nSPS) is 18.0. The molecule has 1 fully saturated rings. The van der Waals surface area contributed by atoms with Gasteiger partial charge in [-0.2, -0.15) is 0 Å². The maximum absolute atomic E-state index is 11.2. The van der Waals surface area contributed by atoms with Crippen LogP contribution < -0.4 is 0 Å². The molecular formula is C20H26ClN3O3. The molecule has 0 unspecified atom stereocenters. The summed E-state index contributed by atoms with van der Waals surface area (Å²) >= 11 is 0. The highest BCUT2D eigenvalue weighted by molar-refractivity contribution is 6.11. The minimum Gasteiger partial charge on any atom is -0.481 e. The van der Waals surface area contributed by atoms with Crippen LogP contribution in [-0.4, -0.2) is 52.5 Å². The molecule has 27 heavy (non-hydrogen) atoms. The van der Waals surface area contributed by atoms with Crippen molar-refractivity contribution in [3.8, 4) is 0 Å². The predicted octanol–water partition coefficient (Wildman–Crippen LogP) is 3.01. The van der Waals surface area contributed by atoms with Crippen molar-refractivity contribution in [2.45, 2.75) is 12.8 Å². The van der Waals surface area contributed by atoms with E-state index in [2.05, 4.69) is 10.1 Å². The fourth-order valence-electron chi connectivity index (χ4n) is 3.29. The average molecular weight is 392 g/mol. The Morgan fingerprint density at radius 3 is 2.70 bits per heavy atom. The lowest BCUT2D eigenvalue weighted by molar-refractivity contribution is -0.143. The monoisotopic (exact) mass is 391 g/mol. The van der Waals surface area contributed by atoms with E-state index in [-0.39, 0.29) is 18.3 Å². The lowest BCUT2D eigenvalue weighted by atomic mass is 9.98. The summed E-state index contributed by atoms with van der Waals surface area (Å²) in [5.41, 5.74) is 2.78. The number of carbonyl (C=O) groups is 1. The number of aryl methyl sites for hydroxylation is 1. The number of benzene rings is 1. The van der Waals surface area contributed by atoms with Gasteiger partial charge in [-0.3, -0.25) is 9.69 Å². The van der Waals surface area contributed by atoms with Crippen LogP contribution in [0.2, 0.25) is 0 Å². The Labute approximate surface area is 165 Å². The highest BCUT2D eigenvalue weighted by Crippen LogP contribution is 2.16. The Hall–Kier alpha value is -2.31. The minimum atomic E-state index is -0.705. The molecular weight excluding hydrogens is 366 g/mol. The van der Waals surface area contributed by atoms with Gasteiger partial charge in [0.05, 0.1) is 11.6 Å². The zero-order chi connectivity index (χ0) is 18.4. The van der Waals surface area contributed by atoms with Gasteiger partial charge in [0.15, 0.2) is 0 Å². The zero-order valence-electron chi connectivity index (χ0n) is 15.5. The molecule has 0 aliphatic carbocycles. The second-order valence-electron chi connectivity index (χ2n) is 6.62. The lowest BCUT2D eigenvalue weighted by Crippen LogP contribution is -2.40. The lowest BCUT2D eigenvalue weighted by Gasteiger charge is -2.29. The Kier molecular flexibility index (Phi) is 7.88. The first kappa shape index (κ1) is 21.0. The van der Waals surface area contributed by atoms with Gasteiger partial charge in [-0.15, -0.1) is 12.4 Å². The molecule has 1 aliphatic rings. The highest BCUT2D eigenvalue weighted by Gasteiger charge is 2.25. The summed E-state index contributed by atoms with van der Waals surface area (Å²) in [5, 5.41) is 13.6. The molecule has 2 aromatic rings. The largest absolute Gasteiger partial charge is 0.481 e. The first-order valence-electron chi connectivity index (χ1n) is 8.97. The topological polar surface area (TPSA) is 67.1 Å². The maximum atomic E-state index is 11.2. The molecule has 1 atom stereocenters. The number of carboxylic acids is 1. The van der Waals surface area contributed by atoms with Crippen molar-refractivity contribution < 1.29 is 14.7 Å². The van der Waals surface area contributed by atoms with Crippen molar-refractivity contribution in [2.75, 3.05) is 26.2 Å². The Bertz CT molecular complexity index is 761. The molecule has 0 amide bonds. The second kappa shape index (κ2) is 10.1. The van der Waals surface area contributed by atoms with Gasteiger partial charge in [0.25, 0.3) is 0 Å². The Balaban J connectivity index is 0.00000261. The van der Waals surface area contributed by atoms with Crippen LogP contribution in [0, 0.1) is 5.92 Å². The number of nitrogens with zero attached hydrogens (tertiary/aromatic N) is 3. The third-order valence-electron chi connectivity index (χ3n) is 4.74. The second-order valence-corrected chi connectivity index (χ2v) is 6.62. The van der Waals surface area contributed by atoms with E-state index in [1.165, 1.54) is 0 Å². The van der Waals surface area contributed by atoms with E-state index in [1.54, 1.807) is 0 Å². The minimum absolute atomic E-state index is 0. The molecule has 1 aromatic carbocycles. The van der Waals surface area contributed by atoms with E-state index in [4.69, 9.17) is 4.84 Å². The van der Waals surface area contributed by atoms with Crippen molar-refractivity contribution in [1.82, 2.24) is 9.47 Å². The van der Waals surface area contributed by atoms with E-state index >= 15 is 0 Å². The van der Waals surface area contributed by atoms with E-state index in [0.29, 0.717) is 19.7 Å². The molecule has 146 valence electrons. The van der Waals surface area contributed by atoms with Crippen LogP contribution in [0.4, 0.5) is 0 Å². The first-order valence-corrected chi connectivity index (χ1v) is 8.97. The number of halogens is 1. The molecule has 0 bridgehead atoms. The van der Waals surface area contributed by atoms with Crippen LogP contribution in [0.15, 0.2) is 53.8 Å². The van der Waals surface area contributed by atoms with Crippen LogP contribution in [0.5, 0.6) is 0 Å². The fraction of sp³-hybridized carbons (Fsp3) is 0.400. The van der Waals surface area contributed by atoms with Gasteiger partial charge in [0, 0.05) is 31.9 Å². The number of aromatic nitrogens is 1. The number of hydrogen-bond donors (Lipinski definition) is 1. The molecule has 0 spiro atoms. The number of likely N-dealkylation sites (tertiary alicyclic amines) is 1. The number of aliphatic carboxylic acids is 1. The Morgan fingerprint density at radius 1 is 1.26 bits per heavy atom. The van der Waals surface area contributed by atoms with E-state index in [9.17, 15) is 9.90 Å². The first-order chi connectivity index (χ1) is 12.6. The molecule has 7 heteroatoms. The molecule has 0 saturated carbocycles. The van der Waals surface area contributed by atoms with Crippen LogP contribution in [0.1, 0.15) is 24.1 Å². The van der Waals surface area contributed by atoms with Crippen molar-refractivity contribution >= 4 is 24.1 Å². The van der Waals surface area contributed by atoms with Crippen LogP contribution in [0.25, 0.3) is 0 Å². The number of rotatable bonds is 7. The van der Waals surface area contributed by atoms with Crippen molar-refractivity contribution in [3.63, 3.8) is 0 Å². The third-order valence-corrected chi connectivity index (χ3v) is 4.74. The van der Waals surface area contributed by atoms with E-state index in [1.807, 2.05) is 60.3 Å². The molecule has 1 aliphatic heterocycles. The number of carboxylic acid groups (broad SMARTS) is 1. The van der Waals surface area contributed by atoms with Gasteiger partial charge in [-0.05, 0) is 31.5 Å². The van der Waals surface area contributed by atoms with Gasteiger partial charge >= 0.3 is 5.97 Å². The SMILES string of the molecule is Cl.Cn1cccc1C(=NOCCN1CCC[C@@H](C(=O)O)C1)c1ccccc1. The van der Waals surface area contributed by atoms with E-state index < -0.39 is 5.97 Å². The average Bonchev–Trinajstić information content (AvgIpc) is 3.08. The Morgan fingerprint density at radius 2 is 2.04 bits per heavy atom. The standard InChI is InChI=1S/C20H25N3O3.ClH/c1-22-11-6-10-18(22)19(16-7-3-2-4-8-16)21-26-14-13-23-12-5-9-17(15-23)20(24)25;/h2-4,6-8,10-11,17H,5,9,12-15H2,1H3,(H,24,25);1H/t17-;/m1./s1. The molecule has 1 aromatic heterocycles. The smallest absolute Gasteiger partial charge is 0.307 e. The van der Waals surface area contributed by atoms with Gasteiger partial charge in [-0.1, -0.05) is 35.5 Å². The van der Waals surface area contributed by atoms with E-state index in [0.717, 1.165) is 36.4 Å². The molecule has 2 heterocycles. The quantitative estimate of drug-likeness (QED) is 0.447. The van der Waals surface area contributed by atoms with Gasteiger partial charge < -0.3 is 14.5 Å². The van der Waals surface area contributed by atoms with Crippen molar-refractivity contribution in [2.24, 2.45) is 18.1 Å². The van der Waals surface area contributed by atoms with Crippen LogP contribution in [-0.2, 0) is 16.7 Å². The molecule has 0 radical (unpaired) electrons. The van der Waals surface area contributed by atoms with Gasteiger partial charge in [-0.25, -0.2) is 0 Å². The third kappa shape index (κ3) is 5.58. The number of hydrogen-bond acceptors (Lipinski definition) is 4. The summed E-state index contributed by atoms with van der Waals surface area (Å²) in [5.74, 6) is -0.973. The van der Waals surface area contributed by atoms with Crippen LogP contribution >= 0.6 is 12.4 Å². The number of piperidine rings is 1. The fourth-order valence-corrected chi connectivity index (χ4v) is 3.29. The summed E-state index contributed by atoms with van der Waals surface area (Å²) in [4.78, 5) is 18.9. The summed E-state index contributed by atoms with van der Waals surface area (Å²) in [6, 6.07) is 13.9. The summed E-state index contributed by atoms with van der Waals surface area (Å²) in [6.07, 6.45) is 3.66. The van der Waals surface area contributed by atoms with Gasteiger partial charge in [0.2, 0.25) is 0 Å². The summed E-state index contributed by atoms with van der Waals surface area (Å²) in [6.45, 7) is 2.63. The summed E-state index contributed by atoms with van der Waals surface area (Å²) < 4.78 is 2.01.